The van der Waals surface area contributed by atoms with Gasteiger partial charge in [-0.2, -0.15) is 0 Å². The second kappa shape index (κ2) is 6.21. The Labute approximate surface area is 126 Å². The maximum Gasteiger partial charge on any atom is 0.123 e. The third-order valence-corrected chi connectivity index (χ3v) is 5.09. The van der Waals surface area contributed by atoms with Crippen molar-refractivity contribution in [2.24, 2.45) is 0 Å². The van der Waals surface area contributed by atoms with E-state index >= 15 is 0 Å². The summed E-state index contributed by atoms with van der Waals surface area (Å²) < 4.78 is 13.0. The Hall–Kier alpha value is -0.640. The molecule has 0 aliphatic carbocycles. The fourth-order valence-electron chi connectivity index (χ4n) is 2.01. The van der Waals surface area contributed by atoms with Crippen molar-refractivity contribution in [2.75, 3.05) is 11.8 Å². The third-order valence-electron chi connectivity index (χ3n) is 3.15. The average Bonchev–Trinajstić information content (AvgIpc) is 2.82. The van der Waals surface area contributed by atoms with E-state index in [4.69, 9.17) is 23.2 Å². The highest BCUT2D eigenvalue weighted by Gasteiger charge is 2.31. The quantitative estimate of drug-likeness (QED) is 0.737. The lowest BCUT2D eigenvalue weighted by atomic mass is 9.81. The van der Waals surface area contributed by atoms with E-state index in [1.165, 1.54) is 12.1 Å². The molecular formula is C14H14Cl2FNS. The topological polar surface area (TPSA) is 12.9 Å². The summed E-state index contributed by atoms with van der Waals surface area (Å²) in [6.45, 7) is 1.97. The highest BCUT2D eigenvalue weighted by atomic mass is 35.5. The Bertz CT molecular complexity index is 535. The van der Waals surface area contributed by atoms with Crippen LogP contribution in [0.4, 0.5) is 4.39 Å². The Morgan fingerprint density at radius 1 is 1.21 bits per heavy atom. The molecule has 1 heterocycles. The Kier molecular flexibility index (Phi) is 4.82. The zero-order valence-electron chi connectivity index (χ0n) is 10.5. The molecule has 0 aliphatic heterocycles. The summed E-state index contributed by atoms with van der Waals surface area (Å²) in [4.78, 5) is 5.39. The highest BCUT2D eigenvalue weighted by Crippen LogP contribution is 2.33. The van der Waals surface area contributed by atoms with Crippen LogP contribution in [-0.2, 0) is 11.8 Å². The molecule has 2 rings (SSSR count). The molecule has 0 fully saturated rings. The number of nitrogens with zero attached hydrogens (tertiary/aromatic N) is 1. The molecule has 0 unspecified atom stereocenters. The lowest BCUT2D eigenvalue weighted by Crippen LogP contribution is -2.33. The molecule has 0 radical (unpaired) electrons. The first-order chi connectivity index (χ1) is 9.09. The summed E-state index contributed by atoms with van der Waals surface area (Å²) in [5.74, 6) is 0.522. The number of alkyl halides is 2. The molecule has 1 aromatic heterocycles. The van der Waals surface area contributed by atoms with Gasteiger partial charge in [0, 0.05) is 28.2 Å². The van der Waals surface area contributed by atoms with Crippen LogP contribution in [0.1, 0.15) is 15.4 Å². The number of aryl methyl sites for hydroxylation is 1. The van der Waals surface area contributed by atoms with Crippen LogP contribution < -0.4 is 0 Å². The van der Waals surface area contributed by atoms with Gasteiger partial charge in [-0.15, -0.1) is 34.5 Å². The fourth-order valence-corrected chi connectivity index (χ4v) is 3.73. The summed E-state index contributed by atoms with van der Waals surface area (Å²) >= 11 is 14.0. The second-order valence-electron chi connectivity index (χ2n) is 4.58. The molecule has 0 spiro atoms. The molecule has 0 bridgehead atoms. The molecule has 0 amide bonds. The zero-order valence-corrected chi connectivity index (χ0v) is 12.8. The standard InChI is InChI=1S/C14H14Cl2FNS/c1-10-18-7-13(19-10)6-14(8-15,9-16)11-2-4-12(17)5-3-11/h2-5,7H,6,8-9H2,1H3. The molecule has 1 aromatic carbocycles. The molecule has 5 heteroatoms. The molecule has 0 atom stereocenters. The Morgan fingerprint density at radius 2 is 1.84 bits per heavy atom. The first-order valence-electron chi connectivity index (χ1n) is 5.89. The summed E-state index contributed by atoms with van der Waals surface area (Å²) in [6, 6.07) is 6.41. The van der Waals surface area contributed by atoms with Crippen molar-refractivity contribution in [3.05, 3.63) is 51.7 Å². The molecule has 0 N–H and O–H groups in total. The van der Waals surface area contributed by atoms with Gasteiger partial charge in [0.15, 0.2) is 0 Å². The first kappa shape index (κ1) is 14.8. The second-order valence-corrected chi connectivity index (χ2v) is 6.43. The van der Waals surface area contributed by atoms with Crippen molar-refractivity contribution in [1.82, 2.24) is 4.98 Å². The molecule has 102 valence electrons. The van der Waals surface area contributed by atoms with Crippen LogP contribution in [0.5, 0.6) is 0 Å². The normalized spacial score (nSPS) is 11.8. The fraction of sp³-hybridized carbons (Fsp3) is 0.357. The monoisotopic (exact) mass is 317 g/mol. The Balaban J connectivity index is 2.33. The van der Waals surface area contributed by atoms with E-state index in [1.807, 2.05) is 13.1 Å². The predicted octanol–water partition coefficient (Wildman–Crippen LogP) is 4.55. The number of rotatable bonds is 5. The predicted molar refractivity (Wildman–Crippen MR) is 80.1 cm³/mol. The van der Waals surface area contributed by atoms with Crippen molar-refractivity contribution in [3.63, 3.8) is 0 Å². The van der Waals surface area contributed by atoms with Gasteiger partial charge in [-0.05, 0) is 31.0 Å². The van der Waals surface area contributed by atoms with Crippen LogP contribution in [0.15, 0.2) is 30.5 Å². The van der Waals surface area contributed by atoms with Gasteiger partial charge in [0.2, 0.25) is 0 Å². The van der Waals surface area contributed by atoms with E-state index < -0.39 is 0 Å². The lowest BCUT2D eigenvalue weighted by Gasteiger charge is -2.29. The van der Waals surface area contributed by atoms with Crippen LogP contribution in [0.3, 0.4) is 0 Å². The molecular weight excluding hydrogens is 304 g/mol. The Morgan fingerprint density at radius 3 is 2.32 bits per heavy atom. The van der Waals surface area contributed by atoms with E-state index in [9.17, 15) is 4.39 Å². The van der Waals surface area contributed by atoms with Gasteiger partial charge in [-0.1, -0.05) is 12.1 Å². The number of hydrogen-bond acceptors (Lipinski definition) is 2. The summed E-state index contributed by atoms with van der Waals surface area (Å²) in [5.41, 5.74) is 0.584. The maximum atomic E-state index is 13.0. The van der Waals surface area contributed by atoms with E-state index in [0.29, 0.717) is 11.8 Å². The molecule has 0 saturated heterocycles. The van der Waals surface area contributed by atoms with Crippen molar-refractivity contribution >= 4 is 34.5 Å². The largest absolute Gasteiger partial charge is 0.250 e. The first-order valence-corrected chi connectivity index (χ1v) is 7.77. The van der Waals surface area contributed by atoms with Crippen molar-refractivity contribution in [1.29, 1.82) is 0 Å². The van der Waals surface area contributed by atoms with Gasteiger partial charge >= 0.3 is 0 Å². The lowest BCUT2D eigenvalue weighted by molar-refractivity contribution is 0.537. The van der Waals surface area contributed by atoms with Gasteiger partial charge in [-0.3, -0.25) is 0 Å². The van der Waals surface area contributed by atoms with Gasteiger partial charge in [0.25, 0.3) is 0 Å². The molecule has 1 nitrogen and oxygen atoms in total. The zero-order chi connectivity index (χ0) is 13.9. The van der Waals surface area contributed by atoms with Gasteiger partial charge in [-0.25, -0.2) is 9.37 Å². The van der Waals surface area contributed by atoms with Crippen molar-refractivity contribution in [2.45, 2.75) is 18.8 Å². The summed E-state index contributed by atoms with van der Waals surface area (Å²) in [5, 5.41) is 1.02. The number of hydrogen-bond donors (Lipinski definition) is 0. The van der Waals surface area contributed by atoms with Crippen molar-refractivity contribution < 1.29 is 4.39 Å². The highest BCUT2D eigenvalue weighted by molar-refractivity contribution is 7.11. The summed E-state index contributed by atoms with van der Waals surface area (Å²) in [6.07, 6.45) is 2.58. The SMILES string of the molecule is Cc1ncc(CC(CCl)(CCl)c2ccc(F)cc2)s1. The van der Waals surface area contributed by atoms with E-state index in [1.54, 1.807) is 23.5 Å². The average molecular weight is 318 g/mol. The molecule has 0 aliphatic rings. The van der Waals surface area contributed by atoms with Crippen LogP contribution in [0.2, 0.25) is 0 Å². The van der Waals surface area contributed by atoms with Gasteiger partial charge in [0.1, 0.15) is 5.82 Å². The minimum Gasteiger partial charge on any atom is -0.250 e. The van der Waals surface area contributed by atoms with Gasteiger partial charge in [0.05, 0.1) is 5.01 Å². The smallest absolute Gasteiger partial charge is 0.123 e. The van der Waals surface area contributed by atoms with Crippen LogP contribution in [0.25, 0.3) is 0 Å². The number of halogens is 3. The van der Waals surface area contributed by atoms with Gasteiger partial charge < -0.3 is 0 Å². The molecule has 19 heavy (non-hydrogen) atoms. The van der Waals surface area contributed by atoms with E-state index in [2.05, 4.69) is 4.98 Å². The van der Waals surface area contributed by atoms with Crippen LogP contribution >= 0.6 is 34.5 Å². The summed E-state index contributed by atoms with van der Waals surface area (Å²) in [7, 11) is 0. The number of thiazole rings is 1. The minimum absolute atomic E-state index is 0.254. The third kappa shape index (κ3) is 3.28. The molecule has 2 aromatic rings. The number of benzene rings is 1. The molecule has 0 saturated carbocycles. The van der Waals surface area contributed by atoms with Crippen LogP contribution in [-0.4, -0.2) is 16.7 Å². The van der Waals surface area contributed by atoms with E-state index in [0.717, 1.165) is 21.9 Å². The van der Waals surface area contributed by atoms with Crippen molar-refractivity contribution in [3.8, 4) is 0 Å². The number of aromatic nitrogens is 1. The minimum atomic E-state index is -0.379. The van der Waals surface area contributed by atoms with Crippen LogP contribution in [0, 0.1) is 12.7 Å². The van der Waals surface area contributed by atoms with E-state index in [-0.39, 0.29) is 11.2 Å². The maximum absolute atomic E-state index is 13.0.